The highest BCUT2D eigenvalue weighted by Gasteiger charge is 2.28. The van der Waals surface area contributed by atoms with Gasteiger partial charge in [0, 0.05) is 18.7 Å². The number of carbonyl (C=O) groups is 2. The van der Waals surface area contributed by atoms with Crippen molar-refractivity contribution >= 4 is 23.2 Å². The van der Waals surface area contributed by atoms with E-state index in [1.54, 1.807) is 4.90 Å². The first kappa shape index (κ1) is 22.0. The molecule has 9 nitrogen and oxygen atoms in total. The fraction of sp³-hybridized carbons (Fsp3) is 0.375. The SMILES string of the molecule is NC(=O)Oc1nc2ccc(-c3ccc4c(c3)CN(C(=O)N3CCC(CF)CC3)CCO4)cc2[nH]1. The zero-order chi connectivity index (χ0) is 23.7. The highest BCUT2D eigenvalue weighted by atomic mass is 19.1. The summed E-state index contributed by atoms with van der Waals surface area (Å²) in [5, 5.41) is 0. The van der Waals surface area contributed by atoms with Crippen LogP contribution in [-0.4, -0.2) is 64.8 Å². The van der Waals surface area contributed by atoms with Gasteiger partial charge in [0.1, 0.15) is 12.4 Å². The van der Waals surface area contributed by atoms with Crippen LogP contribution in [0.15, 0.2) is 36.4 Å². The topological polar surface area (TPSA) is 114 Å². The van der Waals surface area contributed by atoms with Crippen LogP contribution < -0.4 is 15.2 Å². The average Bonchev–Trinajstić information content (AvgIpc) is 3.11. The Kier molecular flexibility index (Phi) is 5.95. The number of hydrogen-bond donors (Lipinski definition) is 2. The number of benzene rings is 2. The molecule has 0 spiro atoms. The van der Waals surface area contributed by atoms with Gasteiger partial charge in [0.25, 0.3) is 0 Å². The molecular weight excluding hydrogens is 441 g/mol. The van der Waals surface area contributed by atoms with E-state index in [0.29, 0.717) is 56.7 Å². The number of carbonyl (C=O) groups excluding carboxylic acids is 2. The molecule has 0 bridgehead atoms. The molecule has 2 aliphatic rings. The number of nitrogens with one attached hydrogen (secondary N) is 1. The highest BCUT2D eigenvalue weighted by molar-refractivity contribution is 5.83. The largest absolute Gasteiger partial charge is 0.491 e. The number of piperidine rings is 1. The second-order valence-electron chi connectivity index (χ2n) is 8.65. The summed E-state index contributed by atoms with van der Waals surface area (Å²) in [5.74, 6) is 0.820. The quantitative estimate of drug-likeness (QED) is 0.610. The first-order chi connectivity index (χ1) is 16.5. The number of primary amides is 1. The lowest BCUT2D eigenvalue weighted by atomic mass is 9.98. The number of hydrogen-bond acceptors (Lipinski definition) is 5. The Hall–Kier alpha value is -3.82. The molecule has 2 aromatic carbocycles. The molecule has 178 valence electrons. The van der Waals surface area contributed by atoms with Crippen molar-refractivity contribution in [3.63, 3.8) is 0 Å². The zero-order valence-corrected chi connectivity index (χ0v) is 18.6. The Balaban J connectivity index is 1.36. The van der Waals surface area contributed by atoms with Crippen LogP contribution in [0.25, 0.3) is 22.2 Å². The Morgan fingerprint density at radius 3 is 2.65 bits per heavy atom. The second-order valence-corrected chi connectivity index (χ2v) is 8.65. The number of aromatic nitrogens is 2. The van der Waals surface area contributed by atoms with Crippen LogP contribution >= 0.6 is 0 Å². The Morgan fingerprint density at radius 1 is 1.12 bits per heavy atom. The number of alkyl halides is 1. The molecule has 3 aromatic rings. The minimum atomic E-state index is -0.934. The number of nitrogens with zero attached hydrogens (tertiary/aromatic N) is 3. The van der Waals surface area contributed by atoms with Gasteiger partial charge in [-0.3, -0.25) is 4.39 Å². The standard InChI is InChI=1S/C24H26FN5O4/c25-13-15-5-7-29(8-6-15)24(32)30-9-10-33-21-4-2-16(11-18(21)14-30)17-1-3-19-20(12-17)28-23(27-19)34-22(26)31/h1-4,11-12,15H,5-10,13-14H2,(H2,26,31)(H,27,28). The van der Waals surface area contributed by atoms with Gasteiger partial charge in [-0.1, -0.05) is 12.1 Å². The van der Waals surface area contributed by atoms with Crippen LogP contribution in [0.3, 0.4) is 0 Å². The number of likely N-dealkylation sites (tertiary alicyclic amines) is 1. The third kappa shape index (κ3) is 4.48. The minimum absolute atomic E-state index is 0.0278. The predicted octanol–water partition coefficient (Wildman–Crippen LogP) is 3.68. The van der Waals surface area contributed by atoms with Crippen molar-refractivity contribution in [2.45, 2.75) is 19.4 Å². The summed E-state index contributed by atoms with van der Waals surface area (Å²) < 4.78 is 23.7. The Bertz CT molecular complexity index is 1220. The summed E-state index contributed by atoms with van der Waals surface area (Å²) in [7, 11) is 0. The van der Waals surface area contributed by atoms with Crippen molar-refractivity contribution in [2.24, 2.45) is 11.7 Å². The molecule has 0 atom stereocenters. The van der Waals surface area contributed by atoms with Gasteiger partial charge in [0.05, 0.1) is 30.8 Å². The van der Waals surface area contributed by atoms with Gasteiger partial charge < -0.3 is 30.0 Å². The van der Waals surface area contributed by atoms with Crippen LogP contribution in [0, 0.1) is 5.92 Å². The van der Waals surface area contributed by atoms with Crippen LogP contribution in [0.5, 0.6) is 11.8 Å². The lowest BCUT2D eigenvalue weighted by Crippen LogP contribution is -2.47. The zero-order valence-electron chi connectivity index (χ0n) is 18.6. The molecule has 1 aromatic heterocycles. The highest BCUT2D eigenvalue weighted by Crippen LogP contribution is 2.31. The van der Waals surface area contributed by atoms with E-state index in [2.05, 4.69) is 9.97 Å². The van der Waals surface area contributed by atoms with Crippen LogP contribution in [0.1, 0.15) is 18.4 Å². The van der Waals surface area contributed by atoms with Gasteiger partial charge in [-0.25, -0.2) is 9.59 Å². The summed E-state index contributed by atoms with van der Waals surface area (Å²) >= 11 is 0. The first-order valence-corrected chi connectivity index (χ1v) is 11.3. The molecule has 1 saturated heterocycles. The summed E-state index contributed by atoms with van der Waals surface area (Å²) in [6, 6.07) is 11.6. The van der Waals surface area contributed by atoms with E-state index in [9.17, 15) is 14.0 Å². The second kappa shape index (κ2) is 9.20. The van der Waals surface area contributed by atoms with Crippen LogP contribution in [-0.2, 0) is 6.54 Å². The van der Waals surface area contributed by atoms with Crippen molar-refractivity contribution in [1.29, 1.82) is 0 Å². The number of fused-ring (bicyclic) bond motifs is 2. The molecule has 0 unspecified atom stereocenters. The number of rotatable bonds is 3. The number of aromatic amines is 1. The maximum atomic E-state index is 13.1. The predicted molar refractivity (Wildman–Crippen MR) is 123 cm³/mol. The number of urea groups is 1. The number of imidazole rings is 1. The first-order valence-electron chi connectivity index (χ1n) is 11.3. The molecule has 0 saturated carbocycles. The summed E-state index contributed by atoms with van der Waals surface area (Å²) in [6.45, 7) is 2.20. The van der Waals surface area contributed by atoms with Crippen molar-refractivity contribution in [3.05, 3.63) is 42.0 Å². The maximum Gasteiger partial charge on any atom is 0.412 e. The fourth-order valence-electron chi connectivity index (χ4n) is 4.53. The molecular formula is C24H26FN5O4. The van der Waals surface area contributed by atoms with Gasteiger partial charge in [0.15, 0.2) is 0 Å². The normalized spacial score (nSPS) is 16.6. The molecule has 10 heteroatoms. The van der Waals surface area contributed by atoms with Gasteiger partial charge in [-0.2, -0.15) is 4.98 Å². The molecule has 2 aliphatic heterocycles. The van der Waals surface area contributed by atoms with Crippen molar-refractivity contribution in [1.82, 2.24) is 19.8 Å². The number of H-pyrrole nitrogens is 1. The maximum absolute atomic E-state index is 13.1. The van der Waals surface area contributed by atoms with E-state index in [1.807, 2.05) is 41.3 Å². The molecule has 1 fully saturated rings. The summed E-state index contributed by atoms with van der Waals surface area (Å²) in [4.78, 5) is 34.9. The fourth-order valence-corrected chi connectivity index (χ4v) is 4.53. The van der Waals surface area contributed by atoms with E-state index in [4.69, 9.17) is 15.2 Å². The molecule has 0 radical (unpaired) electrons. The number of nitrogens with two attached hydrogens (primary N) is 1. The summed E-state index contributed by atoms with van der Waals surface area (Å²) in [5.41, 5.74) is 9.21. The van der Waals surface area contributed by atoms with Gasteiger partial charge in [-0.15, -0.1) is 0 Å². The van der Waals surface area contributed by atoms with Crippen molar-refractivity contribution in [3.8, 4) is 22.9 Å². The van der Waals surface area contributed by atoms with Gasteiger partial charge >= 0.3 is 18.1 Å². The molecule has 3 amide bonds. The van der Waals surface area contributed by atoms with Crippen LogP contribution in [0.2, 0.25) is 0 Å². The van der Waals surface area contributed by atoms with Gasteiger partial charge in [-0.05, 0) is 54.2 Å². The monoisotopic (exact) mass is 467 g/mol. The molecule has 5 rings (SSSR count). The number of amides is 3. The van der Waals surface area contributed by atoms with Gasteiger partial charge in [0.2, 0.25) is 0 Å². The number of halogens is 1. The Morgan fingerprint density at radius 2 is 1.88 bits per heavy atom. The third-order valence-electron chi connectivity index (χ3n) is 6.41. The third-order valence-corrected chi connectivity index (χ3v) is 6.41. The van der Waals surface area contributed by atoms with Crippen molar-refractivity contribution < 1.29 is 23.5 Å². The van der Waals surface area contributed by atoms with Crippen LogP contribution in [0.4, 0.5) is 14.0 Å². The number of ether oxygens (including phenoxy) is 2. The van der Waals surface area contributed by atoms with E-state index >= 15 is 0 Å². The van der Waals surface area contributed by atoms with E-state index < -0.39 is 6.09 Å². The molecule has 34 heavy (non-hydrogen) atoms. The smallest absolute Gasteiger partial charge is 0.412 e. The average molecular weight is 468 g/mol. The lowest BCUT2D eigenvalue weighted by molar-refractivity contribution is 0.122. The lowest BCUT2D eigenvalue weighted by Gasteiger charge is -2.34. The van der Waals surface area contributed by atoms with E-state index in [1.165, 1.54) is 0 Å². The molecule has 3 N–H and O–H groups in total. The van der Waals surface area contributed by atoms with E-state index in [0.717, 1.165) is 22.4 Å². The minimum Gasteiger partial charge on any atom is -0.491 e. The van der Waals surface area contributed by atoms with Crippen molar-refractivity contribution in [2.75, 3.05) is 32.9 Å². The van der Waals surface area contributed by atoms with E-state index in [-0.39, 0.29) is 24.6 Å². The molecule has 3 heterocycles. The molecule has 0 aliphatic carbocycles. The Labute approximate surface area is 195 Å². The summed E-state index contributed by atoms with van der Waals surface area (Å²) in [6.07, 6.45) is 0.474.